The third kappa shape index (κ3) is 16.0. The fourth-order valence-corrected chi connectivity index (χ4v) is 22.0. The summed E-state index contributed by atoms with van der Waals surface area (Å²) in [6, 6.07) is 0. The molecule has 0 aliphatic carbocycles. The van der Waals surface area contributed by atoms with Gasteiger partial charge in [0.15, 0.2) is 41.6 Å². The molecule has 0 aromatic rings. The fourth-order valence-electron chi connectivity index (χ4n) is 2.03. The van der Waals surface area contributed by atoms with Gasteiger partial charge >= 0.3 is 18.6 Å². The van der Waals surface area contributed by atoms with E-state index in [2.05, 4.69) is 98.2 Å². The van der Waals surface area contributed by atoms with Gasteiger partial charge in [-0.25, -0.2) is 0 Å². The predicted molar refractivity (Wildman–Crippen MR) is 136 cm³/mol. The van der Waals surface area contributed by atoms with E-state index in [1.807, 2.05) is 0 Å². The van der Waals surface area contributed by atoms with Crippen LogP contribution in [-0.2, 0) is 24.7 Å². The SMILES string of the molecule is C[Si](C)(C)O[SiH](O[Si](C)(C)C)O[Si](O[Si](C)(C)C)(O[Si](C)(C)C)O[Si](C)(C)C. The maximum atomic E-state index is 6.66. The van der Waals surface area contributed by atoms with Crippen molar-refractivity contribution in [1.82, 2.24) is 0 Å². The van der Waals surface area contributed by atoms with E-state index >= 15 is 0 Å². The minimum absolute atomic E-state index is 1.87. The Balaban J connectivity index is 6.17. The fraction of sp³-hybridized carbons (Fsp3) is 1.00. The molecule has 0 heterocycles. The van der Waals surface area contributed by atoms with Crippen molar-refractivity contribution in [2.75, 3.05) is 0 Å². The molecule has 0 rings (SSSR count). The molecular weight excluding hydrogens is 473 g/mol. The average molecular weight is 519 g/mol. The third-order valence-corrected chi connectivity index (χ3v) is 21.9. The molecule has 0 radical (unpaired) electrons. The largest absolute Gasteiger partial charge is 0.639 e. The highest BCUT2D eigenvalue weighted by Gasteiger charge is 2.56. The molecule has 6 nitrogen and oxygen atoms in total. The van der Waals surface area contributed by atoms with Crippen LogP contribution in [0.15, 0.2) is 0 Å². The lowest BCUT2D eigenvalue weighted by Gasteiger charge is -2.43. The van der Waals surface area contributed by atoms with Crippen LogP contribution in [0, 0.1) is 0 Å². The summed E-state index contributed by atoms with van der Waals surface area (Å²) in [6.07, 6.45) is 0. The molecule has 28 heavy (non-hydrogen) atoms. The Morgan fingerprint density at radius 2 is 0.607 bits per heavy atom. The topological polar surface area (TPSA) is 55.4 Å². The molecule has 0 atom stereocenters. The van der Waals surface area contributed by atoms with E-state index in [0.717, 1.165) is 0 Å². The van der Waals surface area contributed by atoms with Gasteiger partial charge in [-0.05, 0) is 98.2 Å². The number of rotatable bonds is 12. The van der Waals surface area contributed by atoms with Crippen molar-refractivity contribution >= 4 is 60.2 Å². The molecule has 0 spiro atoms. The van der Waals surface area contributed by atoms with Crippen molar-refractivity contribution < 1.29 is 24.7 Å². The van der Waals surface area contributed by atoms with Gasteiger partial charge in [0.05, 0.1) is 0 Å². The average Bonchev–Trinajstić information content (AvgIpc) is 2.12. The van der Waals surface area contributed by atoms with Gasteiger partial charge in [0.2, 0.25) is 0 Å². The van der Waals surface area contributed by atoms with Gasteiger partial charge in [0.25, 0.3) is 0 Å². The van der Waals surface area contributed by atoms with Crippen LogP contribution in [0.4, 0.5) is 0 Å². The Kier molecular flexibility index (Phi) is 10.3. The molecule has 0 aromatic carbocycles. The molecule has 0 saturated carbocycles. The first-order chi connectivity index (χ1) is 11.9. The van der Waals surface area contributed by atoms with Crippen LogP contribution in [0.5, 0.6) is 0 Å². The van der Waals surface area contributed by atoms with Gasteiger partial charge in [-0.1, -0.05) is 0 Å². The lowest BCUT2D eigenvalue weighted by atomic mass is 11.8. The molecule has 0 aliphatic heterocycles. The molecular formula is C15H46O6Si7. The molecule has 0 amide bonds. The van der Waals surface area contributed by atoms with Crippen LogP contribution in [0.1, 0.15) is 0 Å². The minimum Gasteiger partial charge on any atom is -0.419 e. The second kappa shape index (κ2) is 9.82. The van der Waals surface area contributed by atoms with Gasteiger partial charge in [-0.15, -0.1) is 0 Å². The normalized spacial score (nSPS) is 15.4. The highest BCUT2D eigenvalue weighted by atomic mass is 28.6. The predicted octanol–water partition coefficient (Wildman–Crippen LogP) is 5.41. The second-order valence-electron chi connectivity index (χ2n) is 12.0. The van der Waals surface area contributed by atoms with E-state index in [0.29, 0.717) is 0 Å². The first kappa shape index (κ1) is 29.3. The van der Waals surface area contributed by atoms with Crippen LogP contribution in [0.3, 0.4) is 0 Å². The molecule has 170 valence electrons. The van der Waals surface area contributed by atoms with Crippen LogP contribution in [0.2, 0.25) is 98.2 Å². The molecule has 0 fully saturated rings. The van der Waals surface area contributed by atoms with E-state index in [9.17, 15) is 0 Å². The third-order valence-electron chi connectivity index (χ3n) is 2.43. The Bertz CT molecular complexity index is 429. The monoisotopic (exact) mass is 518 g/mol. The summed E-state index contributed by atoms with van der Waals surface area (Å²) in [6.45, 7) is 32.3. The van der Waals surface area contributed by atoms with Crippen LogP contribution >= 0.6 is 0 Å². The molecule has 0 saturated heterocycles. The molecule has 0 aliphatic rings. The quantitative estimate of drug-likeness (QED) is 0.322. The molecule has 0 N–H and O–H groups in total. The van der Waals surface area contributed by atoms with Crippen molar-refractivity contribution in [3.63, 3.8) is 0 Å². The van der Waals surface area contributed by atoms with E-state index in [4.69, 9.17) is 24.7 Å². The highest BCUT2D eigenvalue weighted by Crippen LogP contribution is 2.28. The van der Waals surface area contributed by atoms with Crippen LogP contribution < -0.4 is 0 Å². The van der Waals surface area contributed by atoms with Crippen molar-refractivity contribution in [1.29, 1.82) is 0 Å². The van der Waals surface area contributed by atoms with E-state index in [1.165, 1.54) is 0 Å². The van der Waals surface area contributed by atoms with Gasteiger partial charge in [-0.2, -0.15) is 0 Å². The molecule has 0 aromatic heterocycles. The van der Waals surface area contributed by atoms with Crippen molar-refractivity contribution in [2.45, 2.75) is 98.2 Å². The number of hydrogen-bond acceptors (Lipinski definition) is 6. The first-order valence-electron chi connectivity index (χ1n) is 10.0. The van der Waals surface area contributed by atoms with Gasteiger partial charge in [0, 0.05) is 0 Å². The summed E-state index contributed by atoms with van der Waals surface area (Å²) < 4.78 is 39.4. The summed E-state index contributed by atoms with van der Waals surface area (Å²) in [5.41, 5.74) is 0. The van der Waals surface area contributed by atoms with E-state index < -0.39 is 60.2 Å². The molecule has 0 bridgehead atoms. The highest BCUT2D eigenvalue weighted by molar-refractivity contribution is 6.90. The van der Waals surface area contributed by atoms with Crippen LogP contribution in [0.25, 0.3) is 0 Å². The van der Waals surface area contributed by atoms with Crippen molar-refractivity contribution in [3.05, 3.63) is 0 Å². The maximum Gasteiger partial charge on any atom is 0.639 e. The van der Waals surface area contributed by atoms with Crippen molar-refractivity contribution in [2.24, 2.45) is 0 Å². The summed E-state index contributed by atoms with van der Waals surface area (Å²) in [7, 11) is -15.7. The van der Waals surface area contributed by atoms with Crippen molar-refractivity contribution in [3.8, 4) is 0 Å². The zero-order valence-corrected chi connectivity index (χ0v) is 28.2. The zero-order chi connectivity index (χ0) is 22.8. The second-order valence-corrected chi connectivity index (χ2v) is 40.0. The molecule has 0 unspecified atom stereocenters. The van der Waals surface area contributed by atoms with Gasteiger partial charge in [-0.3, -0.25) is 0 Å². The lowest BCUT2D eigenvalue weighted by molar-refractivity contribution is 0.122. The minimum atomic E-state index is -3.42. The standard InChI is InChI=1S/C15H46O6Si7/c1-23(2,3)16-22(17-24(4,5)6)18-28(19-25(7,8)9,20-26(10,11)12)21-27(13,14)15/h22H,1-15H3. The summed E-state index contributed by atoms with van der Waals surface area (Å²) in [5, 5.41) is 0. The number of hydrogen-bond donors (Lipinski definition) is 0. The van der Waals surface area contributed by atoms with E-state index in [-0.39, 0.29) is 0 Å². The summed E-state index contributed by atoms with van der Waals surface area (Å²) >= 11 is 0. The Morgan fingerprint density at radius 1 is 0.357 bits per heavy atom. The Morgan fingerprint density at radius 3 is 0.786 bits per heavy atom. The Labute approximate surface area is 182 Å². The Hall–Kier alpha value is 1.28. The van der Waals surface area contributed by atoms with Crippen LogP contribution in [-0.4, -0.2) is 60.2 Å². The smallest absolute Gasteiger partial charge is 0.419 e. The summed E-state index contributed by atoms with van der Waals surface area (Å²) in [5.74, 6) is 0. The first-order valence-corrected chi connectivity index (χ1v) is 30.1. The lowest BCUT2D eigenvalue weighted by Crippen LogP contribution is -2.65. The summed E-state index contributed by atoms with van der Waals surface area (Å²) in [4.78, 5) is 0. The molecule has 13 heteroatoms. The zero-order valence-electron chi connectivity index (χ0n) is 21.0. The van der Waals surface area contributed by atoms with Gasteiger partial charge < -0.3 is 24.7 Å². The maximum absolute atomic E-state index is 6.66. The van der Waals surface area contributed by atoms with E-state index in [1.54, 1.807) is 0 Å². The van der Waals surface area contributed by atoms with Gasteiger partial charge in [0.1, 0.15) is 0 Å².